The Hall–Kier alpha value is -0.580. The van der Waals surface area contributed by atoms with Gasteiger partial charge < -0.3 is 4.90 Å². The number of hydrogen-bond donors (Lipinski definition) is 0. The van der Waals surface area contributed by atoms with Gasteiger partial charge in [-0.15, -0.1) is 0 Å². The standard InChI is InChI=1S/C11H14Cl2N4/c12-9-6-14-11(13)15-10(9)17-5-4-16-3-1-2-8(16)7-17/h6,8H,1-5,7H2. The SMILES string of the molecule is Clc1ncc(Cl)c(N2CCN3CCCC3C2)n1. The van der Waals surface area contributed by atoms with Crippen molar-refractivity contribution < 1.29 is 0 Å². The van der Waals surface area contributed by atoms with E-state index in [1.165, 1.54) is 19.4 Å². The average molecular weight is 273 g/mol. The molecule has 0 saturated carbocycles. The molecular formula is C11H14Cl2N4. The summed E-state index contributed by atoms with van der Waals surface area (Å²) in [6.07, 6.45) is 4.15. The van der Waals surface area contributed by atoms with Gasteiger partial charge in [0.2, 0.25) is 5.28 Å². The molecule has 3 rings (SSSR count). The minimum atomic E-state index is 0.262. The van der Waals surface area contributed by atoms with Gasteiger partial charge in [0.05, 0.1) is 6.20 Å². The minimum absolute atomic E-state index is 0.262. The van der Waals surface area contributed by atoms with Crippen molar-refractivity contribution in [3.05, 3.63) is 16.5 Å². The summed E-state index contributed by atoms with van der Waals surface area (Å²) in [6, 6.07) is 0.647. The highest BCUT2D eigenvalue weighted by molar-refractivity contribution is 6.33. The molecule has 1 unspecified atom stereocenters. The predicted octanol–water partition coefficient (Wildman–Crippen LogP) is 2.07. The van der Waals surface area contributed by atoms with E-state index >= 15 is 0 Å². The van der Waals surface area contributed by atoms with E-state index in [-0.39, 0.29) is 5.28 Å². The third-order valence-electron chi connectivity index (χ3n) is 3.58. The topological polar surface area (TPSA) is 32.3 Å². The lowest BCUT2D eigenvalue weighted by Crippen LogP contribution is -2.50. The quantitative estimate of drug-likeness (QED) is 0.733. The van der Waals surface area contributed by atoms with Crippen LogP contribution < -0.4 is 4.90 Å². The molecule has 0 N–H and O–H groups in total. The molecule has 1 aromatic rings. The second kappa shape index (κ2) is 4.59. The number of halogens is 2. The molecule has 2 aliphatic heterocycles. The second-order valence-corrected chi connectivity index (χ2v) is 5.33. The van der Waals surface area contributed by atoms with Gasteiger partial charge in [-0.05, 0) is 31.0 Å². The Morgan fingerprint density at radius 2 is 2.12 bits per heavy atom. The number of rotatable bonds is 1. The highest BCUT2D eigenvalue weighted by atomic mass is 35.5. The Balaban J connectivity index is 1.82. The van der Waals surface area contributed by atoms with Crippen LogP contribution in [0.2, 0.25) is 10.3 Å². The van der Waals surface area contributed by atoms with Crippen molar-refractivity contribution >= 4 is 29.0 Å². The third kappa shape index (κ3) is 2.21. The Kier molecular flexibility index (Phi) is 3.11. The van der Waals surface area contributed by atoms with Gasteiger partial charge in [0.15, 0.2) is 5.82 Å². The van der Waals surface area contributed by atoms with E-state index in [1.54, 1.807) is 6.20 Å². The Morgan fingerprint density at radius 3 is 3.00 bits per heavy atom. The minimum Gasteiger partial charge on any atom is -0.352 e. The summed E-state index contributed by atoms with van der Waals surface area (Å²) in [7, 11) is 0. The van der Waals surface area contributed by atoms with Gasteiger partial charge in [0.25, 0.3) is 0 Å². The maximum Gasteiger partial charge on any atom is 0.224 e. The lowest BCUT2D eigenvalue weighted by molar-refractivity contribution is 0.230. The first-order chi connectivity index (χ1) is 8.24. The molecular weight excluding hydrogens is 259 g/mol. The molecule has 0 aromatic carbocycles. The van der Waals surface area contributed by atoms with Crippen molar-refractivity contribution in [2.24, 2.45) is 0 Å². The first-order valence-electron chi connectivity index (χ1n) is 5.91. The van der Waals surface area contributed by atoms with Crippen LogP contribution in [0.1, 0.15) is 12.8 Å². The molecule has 2 aliphatic rings. The van der Waals surface area contributed by atoms with Gasteiger partial charge in [-0.2, -0.15) is 4.98 Å². The molecule has 0 radical (unpaired) electrons. The zero-order valence-corrected chi connectivity index (χ0v) is 11.0. The molecule has 0 spiro atoms. The van der Waals surface area contributed by atoms with E-state index in [1.807, 2.05) is 0 Å². The zero-order valence-electron chi connectivity index (χ0n) is 9.44. The van der Waals surface area contributed by atoms with Crippen molar-refractivity contribution in [2.45, 2.75) is 18.9 Å². The number of anilines is 1. The summed E-state index contributed by atoms with van der Waals surface area (Å²) in [5.41, 5.74) is 0. The second-order valence-electron chi connectivity index (χ2n) is 4.59. The maximum absolute atomic E-state index is 6.13. The maximum atomic E-state index is 6.13. The van der Waals surface area contributed by atoms with Gasteiger partial charge in [-0.25, -0.2) is 4.98 Å². The highest BCUT2D eigenvalue weighted by Crippen LogP contribution is 2.28. The fraction of sp³-hybridized carbons (Fsp3) is 0.636. The van der Waals surface area contributed by atoms with Crippen molar-refractivity contribution in [1.29, 1.82) is 0 Å². The molecule has 3 heterocycles. The van der Waals surface area contributed by atoms with E-state index in [4.69, 9.17) is 23.2 Å². The summed E-state index contributed by atoms with van der Waals surface area (Å²) in [4.78, 5) is 12.9. The largest absolute Gasteiger partial charge is 0.352 e. The van der Waals surface area contributed by atoms with Gasteiger partial charge in [0, 0.05) is 25.7 Å². The Bertz CT molecular complexity index is 426. The highest BCUT2D eigenvalue weighted by Gasteiger charge is 2.31. The molecule has 1 atom stereocenters. The van der Waals surface area contributed by atoms with E-state index in [0.29, 0.717) is 11.1 Å². The number of fused-ring (bicyclic) bond motifs is 1. The molecule has 0 amide bonds. The van der Waals surface area contributed by atoms with Crippen molar-refractivity contribution in [2.75, 3.05) is 31.1 Å². The third-order valence-corrected chi connectivity index (χ3v) is 4.03. The zero-order chi connectivity index (χ0) is 11.8. The normalized spacial score (nSPS) is 25.1. The van der Waals surface area contributed by atoms with Crippen LogP contribution >= 0.6 is 23.2 Å². The van der Waals surface area contributed by atoms with E-state index < -0.39 is 0 Å². The molecule has 2 fully saturated rings. The number of nitrogens with zero attached hydrogens (tertiary/aromatic N) is 4. The molecule has 6 heteroatoms. The molecule has 0 bridgehead atoms. The van der Waals surface area contributed by atoms with Gasteiger partial charge in [-0.1, -0.05) is 11.6 Å². The molecule has 2 saturated heterocycles. The van der Waals surface area contributed by atoms with Crippen molar-refractivity contribution in [3.63, 3.8) is 0 Å². The number of hydrogen-bond acceptors (Lipinski definition) is 4. The summed E-state index contributed by atoms with van der Waals surface area (Å²) >= 11 is 12.0. The molecule has 0 aliphatic carbocycles. The smallest absolute Gasteiger partial charge is 0.224 e. The van der Waals surface area contributed by atoms with Crippen LogP contribution in [-0.4, -0.2) is 47.1 Å². The van der Waals surface area contributed by atoms with Crippen LogP contribution in [0.15, 0.2) is 6.20 Å². The summed E-state index contributed by atoms with van der Waals surface area (Å²) in [6.45, 7) is 4.27. The summed E-state index contributed by atoms with van der Waals surface area (Å²) in [5, 5.41) is 0.846. The average Bonchev–Trinajstić information content (AvgIpc) is 2.79. The van der Waals surface area contributed by atoms with Crippen molar-refractivity contribution in [1.82, 2.24) is 14.9 Å². The van der Waals surface area contributed by atoms with Gasteiger partial charge >= 0.3 is 0 Å². The molecule has 92 valence electrons. The lowest BCUT2D eigenvalue weighted by Gasteiger charge is -2.38. The molecule has 4 nitrogen and oxygen atoms in total. The van der Waals surface area contributed by atoms with E-state index in [0.717, 1.165) is 25.5 Å². The summed E-state index contributed by atoms with van der Waals surface area (Å²) in [5.74, 6) is 0.776. The monoisotopic (exact) mass is 272 g/mol. The van der Waals surface area contributed by atoms with Crippen LogP contribution in [0.3, 0.4) is 0 Å². The van der Waals surface area contributed by atoms with Crippen LogP contribution in [0.25, 0.3) is 0 Å². The molecule has 1 aromatic heterocycles. The van der Waals surface area contributed by atoms with E-state index in [9.17, 15) is 0 Å². The van der Waals surface area contributed by atoms with Crippen LogP contribution in [0.4, 0.5) is 5.82 Å². The molecule has 17 heavy (non-hydrogen) atoms. The fourth-order valence-corrected chi connectivity index (χ4v) is 3.08. The first kappa shape index (κ1) is 11.5. The summed E-state index contributed by atoms with van der Waals surface area (Å²) < 4.78 is 0. The van der Waals surface area contributed by atoms with Crippen molar-refractivity contribution in [3.8, 4) is 0 Å². The predicted molar refractivity (Wildman–Crippen MR) is 68.9 cm³/mol. The fourth-order valence-electron chi connectivity index (χ4n) is 2.74. The van der Waals surface area contributed by atoms with Gasteiger partial charge in [-0.3, -0.25) is 4.90 Å². The Labute approximate surface area is 111 Å². The number of piperazine rings is 1. The van der Waals surface area contributed by atoms with Gasteiger partial charge in [0.1, 0.15) is 5.02 Å². The lowest BCUT2D eigenvalue weighted by atomic mass is 10.1. The number of aromatic nitrogens is 2. The first-order valence-corrected chi connectivity index (χ1v) is 6.66. The van der Waals surface area contributed by atoms with Crippen LogP contribution in [0.5, 0.6) is 0 Å². The van der Waals surface area contributed by atoms with Crippen LogP contribution in [0, 0.1) is 0 Å². The van der Waals surface area contributed by atoms with Crippen LogP contribution in [-0.2, 0) is 0 Å². The van der Waals surface area contributed by atoms with E-state index in [2.05, 4.69) is 19.8 Å². The Morgan fingerprint density at radius 1 is 1.24 bits per heavy atom.